The lowest BCUT2D eigenvalue weighted by Crippen LogP contribution is -2.52. The summed E-state index contributed by atoms with van der Waals surface area (Å²) in [4.78, 5) is 20.1. The number of sulfonamides is 1. The molecule has 8 nitrogen and oxygen atoms in total. The standard InChI is InChI=1S/C38H46ClN3O5S/c1-5-6-18-38(46-4,30-10-8-19-40-22-30)33-14-11-29(33)23-42-24-37(17-7-9-27-20-31(39)13-15-32(27)37)25-47-35-16-12-28(21-34(35)42)36(43)41-48(44,45)26(2)3/h6,8,10,12-13,15-16,18-22,26,29,33H,5,7,9,11,14,17,23-25H2,1-4H3,(H,41,43)/b18-6+/t29-,33+,37-,38+/m0/s1. The fraction of sp³-hybridized carbons (Fsp3) is 0.474. The Kier molecular flexibility index (Phi) is 9.94. The highest BCUT2D eigenvalue weighted by Crippen LogP contribution is 2.52. The first-order valence-corrected chi connectivity index (χ1v) is 18.9. The number of benzene rings is 2. The van der Waals surface area contributed by atoms with Crippen molar-refractivity contribution >= 4 is 33.2 Å². The predicted octanol–water partition coefficient (Wildman–Crippen LogP) is 7.21. The van der Waals surface area contributed by atoms with E-state index in [1.165, 1.54) is 11.1 Å². The van der Waals surface area contributed by atoms with Gasteiger partial charge in [0.25, 0.3) is 5.91 Å². The van der Waals surface area contributed by atoms with E-state index in [9.17, 15) is 13.2 Å². The molecule has 1 amide bonds. The monoisotopic (exact) mass is 691 g/mol. The molecule has 3 aliphatic rings. The van der Waals surface area contributed by atoms with Gasteiger partial charge in [-0.1, -0.05) is 42.8 Å². The van der Waals surface area contributed by atoms with Gasteiger partial charge in [-0.15, -0.1) is 0 Å². The Labute approximate surface area is 289 Å². The molecule has 0 unspecified atom stereocenters. The van der Waals surface area contributed by atoms with Crippen LogP contribution in [-0.4, -0.2) is 51.4 Å². The topological polar surface area (TPSA) is 97.8 Å². The molecular weight excluding hydrogens is 646 g/mol. The number of amides is 1. The molecule has 1 spiro atoms. The average molecular weight is 692 g/mol. The quantitative estimate of drug-likeness (QED) is 0.225. The van der Waals surface area contributed by atoms with Crippen molar-refractivity contribution in [1.82, 2.24) is 9.71 Å². The number of carbonyl (C=O) groups excluding carboxylic acids is 1. The smallest absolute Gasteiger partial charge is 0.264 e. The summed E-state index contributed by atoms with van der Waals surface area (Å²) in [5.74, 6) is 0.493. The first kappa shape index (κ1) is 34.5. The molecule has 0 saturated heterocycles. The van der Waals surface area contributed by atoms with Crippen molar-refractivity contribution in [3.8, 4) is 5.75 Å². The molecule has 1 saturated carbocycles. The van der Waals surface area contributed by atoms with Crippen molar-refractivity contribution in [2.75, 3.05) is 31.7 Å². The third kappa shape index (κ3) is 6.49. The number of hydrogen-bond donors (Lipinski definition) is 1. The second-order valence-electron chi connectivity index (χ2n) is 13.8. The van der Waals surface area contributed by atoms with Crippen molar-refractivity contribution in [1.29, 1.82) is 0 Å². The van der Waals surface area contributed by atoms with Gasteiger partial charge < -0.3 is 14.4 Å². The number of hydrogen-bond acceptors (Lipinski definition) is 7. The Hall–Kier alpha value is -3.40. The lowest BCUT2D eigenvalue weighted by Gasteiger charge is -2.50. The molecule has 2 heterocycles. The van der Waals surface area contributed by atoms with E-state index in [-0.39, 0.29) is 22.8 Å². The zero-order valence-corrected chi connectivity index (χ0v) is 29.8. The maximum absolute atomic E-state index is 13.3. The highest BCUT2D eigenvalue weighted by Gasteiger charge is 2.50. The summed E-state index contributed by atoms with van der Waals surface area (Å²) < 4.78 is 40.5. The number of anilines is 1. The van der Waals surface area contributed by atoms with Crippen molar-refractivity contribution in [3.63, 3.8) is 0 Å². The van der Waals surface area contributed by atoms with Crippen molar-refractivity contribution in [2.45, 2.75) is 75.6 Å². The van der Waals surface area contributed by atoms with Gasteiger partial charge in [0.05, 0.1) is 17.5 Å². The third-order valence-corrected chi connectivity index (χ3v) is 12.6. The summed E-state index contributed by atoms with van der Waals surface area (Å²) in [6.07, 6.45) is 13.9. The molecule has 4 atom stereocenters. The zero-order chi connectivity index (χ0) is 34.1. The summed E-state index contributed by atoms with van der Waals surface area (Å²) in [5.41, 5.74) is 3.70. The summed E-state index contributed by atoms with van der Waals surface area (Å²) >= 11 is 6.46. The summed E-state index contributed by atoms with van der Waals surface area (Å²) in [6.45, 7) is 7.11. The molecule has 2 aliphatic carbocycles. The van der Waals surface area contributed by atoms with Crippen LogP contribution in [0.15, 0.2) is 73.1 Å². The van der Waals surface area contributed by atoms with Gasteiger partial charge in [-0.2, -0.15) is 0 Å². The Morgan fingerprint density at radius 2 is 2.06 bits per heavy atom. The van der Waals surface area contributed by atoms with E-state index in [1.54, 1.807) is 45.4 Å². The summed E-state index contributed by atoms with van der Waals surface area (Å²) in [7, 11) is -2.02. The van der Waals surface area contributed by atoms with Crippen LogP contribution in [0.3, 0.4) is 0 Å². The van der Waals surface area contributed by atoms with E-state index < -0.39 is 26.8 Å². The molecule has 0 radical (unpaired) electrons. The van der Waals surface area contributed by atoms with Crippen LogP contribution >= 0.6 is 11.6 Å². The van der Waals surface area contributed by atoms with Crippen LogP contribution in [0.4, 0.5) is 5.69 Å². The van der Waals surface area contributed by atoms with E-state index >= 15 is 0 Å². The Morgan fingerprint density at radius 3 is 2.75 bits per heavy atom. The zero-order valence-electron chi connectivity index (χ0n) is 28.2. The van der Waals surface area contributed by atoms with Crippen LogP contribution in [0.1, 0.15) is 79.9 Å². The predicted molar refractivity (Wildman–Crippen MR) is 190 cm³/mol. The van der Waals surface area contributed by atoms with Crippen LogP contribution in [0.5, 0.6) is 5.75 Å². The number of allylic oxidation sites excluding steroid dienone is 1. The molecule has 1 aliphatic heterocycles. The molecule has 3 aromatic rings. The van der Waals surface area contributed by atoms with Crippen LogP contribution < -0.4 is 14.4 Å². The van der Waals surface area contributed by atoms with Crippen LogP contribution in [0.25, 0.3) is 0 Å². The largest absolute Gasteiger partial charge is 0.490 e. The number of aromatic nitrogens is 1. The lowest BCUT2D eigenvalue weighted by molar-refractivity contribution is -0.0805. The van der Waals surface area contributed by atoms with Gasteiger partial charge >= 0.3 is 0 Å². The molecule has 1 N–H and O–H groups in total. The second-order valence-corrected chi connectivity index (χ2v) is 16.5. The lowest BCUT2D eigenvalue weighted by atomic mass is 9.62. The van der Waals surface area contributed by atoms with E-state index in [1.807, 2.05) is 18.3 Å². The molecule has 0 bridgehead atoms. The number of methoxy groups -OCH3 is 1. The number of halogens is 1. The van der Waals surface area contributed by atoms with Crippen LogP contribution in [0, 0.1) is 11.8 Å². The number of nitrogens with one attached hydrogen (secondary N) is 1. The highest BCUT2D eigenvalue weighted by molar-refractivity contribution is 7.90. The Morgan fingerprint density at radius 1 is 1.23 bits per heavy atom. The van der Waals surface area contributed by atoms with Gasteiger partial charge in [-0.3, -0.25) is 9.78 Å². The minimum Gasteiger partial charge on any atom is -0.490 e. The minimum absolute atomic E-state index is 0.193. The SMILES string of the molecule is CC/C=C/[C@@](OC)(c1cccnc1)[C@@H]1CC[C@H]1CN1C[C@@]2(CCCc3cc(Cl)ccc32)COc2ccc(C(=O)NS(=O)(=O)C(C)C)cc21. The van der Waals surface area contributed by atoms with Gasteiger partial charge in [0.2, 0.25) is 10.0 Å². The van der Waals surface area contributed by atoms with Gasteiger partial charge in [0.15, 0.2) is 0 Å². The molecule has 48 heavy (non-hydrogen) atoms. The molecular formula is C38H46ClN3O5S. The maximum atomic E-state index is 13.3. The first-order chi connectivity index (χ1) is 23.0. The van der Waals surface area contributed by atoms with Gasteiger partial charge in [0.1, 0.15) is 11.4 Å². The molecule has 1 fully saturated rings. The van der Waals surface area contributed by atoms with Crippen LogP contribution in [0.2, 0.25) is 5.02 Å². The normalized spacial score (nSPS) is 23.5. The third-order valence-electron chi connectivity index (χ3n) is 10.6. The molecule has 6 rings (SSSR count). The molecule has 10 heteroatoms. The fourth-order valence-electron chi connectivity index (χ4n) is 7.85. The van der Waals surface area contributed by atoms with Crippen molar-refractivity contribution < 1.29 is 22.7 Å². The minimum atomic E-state index is -3.80. The summed E-state index contributed by atoms with van der Waals surface area (Å²) in [6, 6.07) is 15.5. The Bertz CT molecular complexity index is 1780. The van der Waals surface area contributed by atoms with Crippen molar-refractivity contribution in [3.05, 3.63) is 100 Å². The van der Waals surface area contributed by atoms with E-state index in [4.69, 9.17) is 21.1 Å². The number of aryl methyl sites for hydroxylation is 1. The number of ether oxygens (including phenoxy) is 2. The number of nitrogens with zero attached hydrogens (tertiary/aromatic N) is 2. The number of fused-ring (bicyclic) bond motifs is 3. The van der Waals surface area contributed by atoms with Gasteiger partial charge in [0, 0.05) is 60.1 Å². The first-order valence-electron chi connectivity index (χ1n) is 17.0. The van der Waals surface area contributed by atoms with E-state index in [2.05, 4.69) is 51.9 Å². The highest BCUT2D eigenvalue weighted by atomic mass is 35.5. The van der Waals surface area contributed by atoms with Gasteiger partial charge in [-0.05, 0) is 106 Å². The maximum Gasteiger partial charge on any atom is 0.264 e. The average Bonchev–Trinajstić information content (AvgIpc) is 3.21. The Balaban J connectivity index is 1.41. The fourth-order valence-corrected chi connectivity index (χ4v) is 8.66. The second kappa shape index (κ2) is 13.8. The number of pyridine rings is 1. The molecule has 2 aromatic carbocycles. The van der Waals surface area contributed by atoms with E-state index in [0.717, 1.165) is 54.8 Å². The number of carbonyl (C=O) groups is 1. The van der Waals surface area contributed by atoms with E-state index in [0.29, 0.717) is 25.4 Å². The molecule has 256 valence electrons. The van der Waals surface area contributed by atoms with Crippen LogP contribution in [-0.2, 0) is 32.2 Å². The number of rotatable bonds is 10. The molecule has 1 aromatic heterocycles. The summed E-state index contributed by atoms with van der Waals surface area (Å²) in [5, 5.41) is -0.00347. The van der Waals surface area contributed by atoms with Gasteiger partial charge in [-0.25, -0.2) is 13.1 Å². The van der Waals surface area contributed by atoms with Crippen molar-refractivity contribution in [2.24, 2.45) is 11.8 Å².